The topological polar surface area (TPSA) is 89.7 Å². The first-order valence-corrected chi connectivity index (χ1v) is 6.70. The Morgan fingerprint density at radius 3 is 2.38 bits per heavy atom. The highest BCUT2D eigenvalue weighted by Crippen LogP contribution is 2.18. The number of nitrogens with two attached hydrogens (primary N) is 1. The van der Waals surface area contributed by atoms with E-state index in [2.05, 4.69) is 0 Å². The Balaban J connectivity index is 2.57. The van der Waals surface area contributed by atoms with Gasteiger partial charge in [-0.25, -0.2) is 18.4 Å². The van der Waals surface area contributed by atoms with E-state index in [1.807, 2.05) is 0 Å². The lowest BCUT2D eigenvalue weighted by molar-refractivity contribution is 0.0295. The van der Waals surface area contributed by atoms with E-state index in [1.165, 1.54) is 4.90 Å². The van der Waals surface area contributed by atoms with Crippen LogP contribution in [0.15, 0.2) is 0 Å². The number of primary sulfonamides is 1. The van der Waals surface area contributed by atoms with Crippen LogP contribution >= 0.6 is 0 Å². The molecule has 0 spiro atoms. The molecule has 1 amide bonds. The molecule has 1 atom stereocenters. The Morgan fingerprint density at radius 1 is 1.44 bits per heavy atom. The molecule has 2 N–H and O–H groups in total. The molecule has 0 aromatic rings. The zero-order chi connectivity index (χ0) is 12.6. The lowest BCUT2D eigenvalue weighted by Gasteiger charge is -2.24. The zero-order valence-electron chi connectivity index (χ0n) is 9.76. The fourth-order valence-corrected chi connectivity index (χ4v) is 2.31. The monoisotopic (exact) mass is 250 g/mol. The number of hydrogen-bond donors (Lipinski definition) is 1. The Morgan fingerprint density at radius 2 is 2.00 bits per heavy atom. The summed E-state index contributed by atoms with van der Waals surface area (Å²) in [5.74, 6) is 0. The molecule has 1 aliphatic rings. The average molecular weight is 250 g/mol. The van der Waals surface area contributed by atoms with Crippen molar-refractivity contribution < 1.29 is 17.9 Å². The average Bonchev–Trinajstić information content (AvgIpc) is 2.46. The molecule has 1 unspecified atom stereocenters. The van der Waals surface area contributed by atoms with E-state index in [0.717, 1.165) is 0 Å². The molecular weight excluding hydrogens is 232 g/mol. The third-order valence-corrected chi connectivity index (χ3v) is 3.58. The summed E-state index contributed by atoms with van der Waals surface area (Å²) in [6.07, 6.45) is -0.114. The summed E-state index contributed by atoms with van der Waals surface area (Å²) in [6, 6.07) is 0. The predicted molar refractivity (Wildman–Crippen MR) is 59.3 cm³/mol. The predicted octanol–water partition coefficient (Wildman–Crippen LogP) is 0.284. The highest BCUT2D eigenvalue weighted by molar-refractivity contribution is 7.89. The summed E-state index contributed by atoms with van der Waals surface area (Å²) >= 11 is 0. The first kappa shape index (κ1) is 13.2. The molecule has 0 aromatic heterocycles. The van der Waals surface area contributed by atoms with E-state index in [9.17, 15) is 13.2 Å². The van der Waals surface area contributed by atoms with E-state index < -0.39 is 27.0 Å². The van der Waals surface area contributed by atoms with Crippen LogP contribution in [0.2, 0.25) is 0 Å². The van der Waals surface area contributed by atoms with Gasteiger partial charge < -0.3 is 9.64 Å². The van der Waals surface area contributed by atoms with Gasteiger partial charge in [-0.2, -0.15) is 0 Å². The third kappa shape index (κ3) is 3.64. The van der Waals surface area contributed by atoms with Gasteiger partial charge in [-0.15, -0.1) is 0 Å². The van der Waals surface area contributed by atoms with Gasteiger partial charge in [0.25, 0.3) is 0 Å². The molecule has 1 heterocycles. The Bertz CT molecular complexity index is 371. The SMILES string of the molecule is CC(C)(C)OC(=O)N1CCC(S(N)(=O)=O)C1. The van der Waals surface area contributed by atoms with E-state index in [4.69, 9.17) is 9.88 Å². The van der Waals surface area contributed by atoms with Crippen molar-refractivity contribution in [1.29, 1.82) is 0 Å². The van der Waals surface area contributed by atoms with Gasteiger partial charge in [0.15, 0.2) is 0 Å². The van der Waals surface area contributed by atoms with Gasteiger partial charge in [0.1, 0.15) is 5.60 Å². The van der Waals surface area contributed by atoms with Gasteiger partial charge in [-0.3, -0.25) is 0 Å². The number of sulfonamides is 1. The largest absolute Gasteiger partial charge is 0.444 e. The quantitative estimate of drug-likeness (QED) is 0.724. The lowest BCUT2D eigenvalue weighted by atomic mass is 10.2. The van der Waals surface area contributed by atoms with Crippen LogP contribution in [0.4, 0.5) is 4.79 Å². The number of hydrogen-bond acceptors (Lipinski definition) is 4. The number of likely N-dealkylation sites (tertiary alicyclic amines) is 1. The fourth-order valence-electron chi connectivity index (χ4n) is 1.49. The second-order valence-corrected chi connectivity index (χ2v) is 6.77. The number of nitrogens with zero attached hydrogens (tertiary/aromatic N) is 1. The van der Waals surface area contributed by atoms with Crippen LogP contribution in [0.3, 0.4) is 0 Å². The number of rotatable bonds is 1. The van der Waals surface area contributed by atoms with E-state index in [0.29, 0.717) is 13.0 Å². The Hall–Kier alpha value is -0.820. The molecule has 0 radical (unpaired) electrons. The highest BCUT2D eigenvalue weighted by atomic mass is 32.2. The van der Waals surface area contributed by atoms with E-state index in [1.54, 1.807) is 20.8 Å². The van der Waals surface area contributed by atoms with Crippen LogP contribution in [0.1, 0.15) is 27.2 Å². The molecule has 0 saturated carbocycles. The number of amides is 1. The first-order chi connectivity index (χ1) is 7.09. The molecule has 7 heteroatoms. The van der Waals surface area contributed by atoms with Crippen molar-refractivity contribution in [2.45, 2.75) is 38.0 Å². The smallest absolute Gasteiger partial charge is 0.410 e. The third-order valence-electron chi connectivity index (χ3n) is 2.26. The zero-order valence-corrected chi connectivity index (χ0v) is 10.6. The van der Waals surface area contributed by atoms with Crippen molar-refractivity contribution >= 4 is 16.1 Å². The van der Waals surface area contributed by atoms with E-state index >= 15 is 0 Å². The Kier molecular flexibility index (Phi) is 3.49. The minimum absolute atomic E-state index is 0.119. The lowest BCUT2D eigenvalue weighted by Crippen LogP contribution is -2.37. The van der Waals surface area contributed by atoms with Gasteiger partial charge in [0.2, 0.25) is 10.0 Å². The molecule has 1 saturated heterocycles. The summed E-state index contributed by atoms with van der Waals surface area (Å²) in [5.41, 5.74) is -0.573. The molecule has 0 aromatic carbocycles. The molecule has 1 aliphatic heterocycles. The molecule has 1 rings (SSSR count). The van der Waals surface area contributed by atoms with Crippen LogP contribution in [0.5, 0.6) is 0 Å². The number of ether oxygens (including phenoxy) is 1. The summed E-state index contributed by atoms with van der Waals surface area (Å²) in [7, 11) is -3.56. The standard InChI is InChI=1S/C9H18N2O4S/c1-9(2,3)15-8(12)11-5-4-7(6-11)16(10,13)14/h7H,4-6H2,1-3H3,(H2,10,13,14). The van der Waals surface area contributed by atoms with Crippen molar-refractivity contribution in [3.8, 4) is 0 Å². The maximum absolute atomic E-state index is 11.6. The molecule has 6 nitrogen and oxygen atoms in total. The minimum Gasteiger partial charge on any atom is -0.444 e. The van der Waals surface area contributed by atoms with Gasteiger partial charge in [0, 0.05) is 13.1 Å². The van der Waals surface area contributed by atoms with Crippen LogP contribution in [-0.4, -0.2) is 43.4 Å². The summed E-state index contributed by atoms with van der Waals surface area (Å²) in [6.45, 7) is 5.78. The molecule has 0 aliphatic carbocycles. The van der Waals surface area contributed by atoms with E-state index in [-0.39, 0.29) is 6.54 Å². The maximum Gasteiger partial charge on any atom is 0.410 e. The van der Waals surface area contributed by atoms with Crippen molar-refractivity contribution in [2.75, 3.05) is 13.1 Å². The summed E-state index contributed by atoms with van der Waals surface area (Å²) < 4.78 is 27.3. The normalized spacial score (nSPS) is 22.2. The minimum atomic E-state index is -3.56. The molecular formula is C9H18N2O4S. The van der Waals surface area contributed by atoms with Gasteiger partial charge >= 0.3 is 6.09 Å². The maximum atomic E-state index is 11.6. The van der Waals surface area contributed by atoms with Gasteiger partial charge in [0.05, 0.1) is 5.25 Å². The van der Waals surface area contributed by atoms with Crippen LogP contribution in [-0.2, 0) is 14.8 Å². The van der Waals surface area contributed by atoms with Crippen molar-refractivity contribution in [1.82, 2.24) is 4.90 Å². The molecule has 0 bridgehead atoms. The Labute approximate surface area is 95.8 Å². The van der Waals surface area contributed by atoms with Crippen LogP contribution < -0.4 is 5.14 Å². The van der Waals surface area contributed by atoms with Crippen molar-refractivity contribution in [3.05, 3.63) is 0 Å². The summed E-state index contributed by atoms with van der Waals surface area (Å²) in [5, 5.41) is 4.36. The number of carbonyl (C=O) groups is 1. The van der Waals surface area contributed by atoms with Crippen LogP contribution in [0, 0.1) is 0 Å². The second kappa shape index (κ2) is 4.21. The first-order valence-electron chi connectivity index (χ1n) is 5.09. The molecule has 1 fully saturated rings. The second-order valence-electron chi connectivity index (χ2n) is 4.93. The fraction of sp³-hybridized carbons (Fsp3) is 0.889. The van der Waals surface area contributed by atoms with Crippen LogP contribution in [0.25, 0.3) is 0 Å². The van der Waals surface area contributed by atoms with Gasteiger partial charge in [-0.1, -0.05) is 0 Å². The summed E-state index contributed by atoms with van der Waals surface area (Å²) in [4.78, 5) is 13.0. The molecule has 94 valence electrons. The number of carbonyl (C=O) groups excluding carboxylic acids is 1. The van der Waals surface area contributed by atoms with Crippen molar-refractivity contribution in [2.24, 2.45) is 5.14 Å². The van der Waals surface area contributed by atoms with Gasteiger partial charge in [-0.05, 0) is 27.2 Å². The van der Waals surface area contributed by atoms with Crippen molar-refractivity contribution in [3.63, 3.8) is 0 Å². The molecule has 16 heavy (non-hydrogen) atoms. The highest BCUT2D eigenvalue weighted by Gasteiger charge is 2.34.